The smallest absolute Gasteiger partial charge is 0.882 e. The van der Waals surface area contributed by atoms with Gasteiger partial charge in [-0.15, -0.1) is 0 Å². The third-order valence-corrected chi connectivity index (χ3v) is 3.73. The van der Waals surface area contributed by atoms with Crippen molar-refractivity contribution in [1.29, 1.82) is 0 Å². The maximum absolute atomic E-state index is 10.6. The second-order valence-electron chi connectivity index (χ2n) is 7.38. The molecule has 0 radical (unpaired) electrons. The molecule has 0 aromatic carbocycles. The first kappa shape index (κ1) is 32.7. The Labute approximate surface area is 192 Å². The summed E-state index contributed by atoms with van der Waals surface area (Å²) in [4.78, 5) is 0. The van der Waals surface area contributed by atoms with E-state index >= 15 is 0 Å². The van der Waals surface area contributed by atoms with E-state index in [0.29, 0.717) is 12.8 Å². The number of hydrogen-bond acceptors (Lipinski definition) is 6. The van der Waals surface area contributed by atoms with Gasteiger partial charge in [0.25, 0.3) is 0 Å². The van der Waals surface area contributed by atoms with E-state index in [9.17, 15) is 20.4 Å². The van der Waals surface area contributed by atoms with Gasteiger partial charge in [0, 0.05) is 12.8 Å². The van der Waals surface area contributed by atoms with Gasteiger partial charge in [-0.3, -0.25) is 0 Å². The summed E-state index contributed by atoms with van der Waals surface area (Å²) < 4.78 is 10.3. The zero-order valence-corrected chi connectivity index (χ0v) is 20.7. The van der Waals surface area contributed by atoms with E-state index in [1.807, 2.05) is 27.7 Å². The fourth-order valence-electron chi connectivity index (χ4n) is 2.41. The molecular formula is C22H40O6Ti. The predicted molar refractivity (Wildman–Crippen MR) is 104 cm³/mol. The summed E-state index contributed by atoms with van der Waals surface area (Å²) >= 11 is 0. The maximum atomic E-state index is 10.6. The van der Waals surface area contributed by atoms with Crippen LogP contribution in [0.5, 0.6) is 0 Å². The number of ether oxygens (including phenoxy) is 2. The van der Waals surface area contributed by atoms with Crippen LogP contribution in [0.1, 0.15) is 106 Å². The van der Waals surface area contributed by atoms with E-state index in [4.69, 9.17) is 9.47 Å². The van der Waals surface area contributed by atoms with Crippen molar-refractivity contribution in [2.45, 2.75) is 118 Å². The van der Waals surface area contributed by atoms with E-state index in [2.05, 4.69) is 13.8 Å². The van der Waals surface area contributed by atoms with Gasteiger partial charge in [0.15, 0.2) is 0 Å². The Bertz CT molecular complexity index is 385. The average Bonchev–Trinajstić information content (AvgIpc) is 2.60. The van der Waals surface area contributed by atoms with Gasteiger partial charge in [0.05, 0.1) is 23.7 Å². The van der Waals surface area contributed by atoms with E-state index < -0.39 is 11.9 Å². The Balaban J connectivity index is -0.000000451. The summed E-state index contributed by atoms with van der Waals surface area (Å²) in [6.45, 7) is 11.5. The quantitative estimate of drug-likeness (QED) is 0.229. The van der Waals surface area contributed by atoms with Gasteiger partial charge < -0.3 is 29.9 Å². The van der Waals surface area contributed by atoms with Crippen LogP contribution in [0.4, 0.5) is 0 Å². The Kier molecular flexibility index (Phi) is 24.4. The molecule has 0 saturated heterocycles. The van der Waals surface area contributed by atoms with E-state index in [-0.39, 0.29) is 45.4 Å². The number of rotatable bonds is 14. The minimum atomic E-state index is -1.17. The van der Waals surface area contributed by atoms with Crippen LogP contribution < -0.4 is 20.4 Å². The summed E-state index contributed by atoms with van der Waals surface area (Å²) in [5, 5.41) is 42.5. The monoisotopic (exact) mass is 448 g/mol. The summed E-state index contributed by atoms with van der Waals surface area (Å²) in [7, 11) is 0. The molecule has 0 saturated carbocycles. The first-order chi connectivity index (χ1) is 13.1. The van der Waals surface area contributed by atoms with Crippen LogP contribution in [0.15, 0.2) is 23.4 Å². The van der Waals surface area contributed by atoms with Crippen molar-refractivity contribution < 1.29 is 51.6 Å². The SMILES string of the molecule is CCCCCCC(OC(C)C)=C([O-])[O-].CCCCCCC(OC(C)C)=C([O-])[O-].[Ti+4]. The molecule has 0 spiro atoms. The first-order valence-electron chi connectivity index (χ1n) is 10.6. The molecule has 0 bridgehead atoms. The van der Waals surface area contributed by atoms with Crippen LogP contribution in [0.25, 0.3) is 0 Å². The second-order valence-corrected chi connectivity index (χ2v) is 7.38. The molecule has 0 rings (SSSR count). The van der Waals surface area contributed by atoms with Crippen molar-refractivity contribution in [3.05, 3.63) is 23.4 Å². The van der Waals surface area contributed by atoms with Crippen molar-refractivity contribution in [2.24, 2.45) is 0 Å². The molecule has 7 heteroatoms. The predicted octanol–water partition coefficient (Wildman–Crippen LogP) is 2.54. The van der Waals surface area contributed by atoms with Crippen molar-refractivity contribution >= 4 is 0 Å². The number of hydrogen-bond donors (Lipinski definition) is 0. The van der Waals surface area contributed by atoms with Gasteiger partial charge in [0.2, 0.25) is 0 Å². The normalized spacial score (nSPS) is 9.93. The molecule has 0 N–H and O–H groups in total. The van der Waals surface area contributed by atoms with Gasteiger partial charge in [-0.25, -0.2) is 0 Å². The molecule has 0 aromatic heterocycles. The fraction of sp³-hybridized carbons (Fsp3) is 0.818. The minimum Gasteiger partial charge on any atom is -0.882 e. The number of unbranched alkanes of at least 4 members (excludes halogenated alkanes) is 6. The molecule has 0 heterocycles. The van der Waals surface area contributed by atoms with E-state index in [0.717, 1.165) is 51.4 Å². The molecule has 0 amide bonds. The largest absolute Gasteiger partial charge is 4.00 e. The maximum Gasteiger partial charge on any atom is 4.00 e. The molecule has 29 heavy (non-hydrogen) atoms. The molecule has 0 unspecified atom stereocenters. The van der Waals surface area contributed by atoms with Gasteiger partial charge in [-0.2, -0.15) is 11.9 Å². The summed E-state index contributed by atoms with van der Waals surface area (Å²) in [5.74, 6) is -2.15. The number of allylic oxidation sites excluding steroid dienone is 2. The van der Waals surface area contributed by atoms with Gasteiger partial charge in [-0.1, -0.05) is 52.4 Å². The minimum absolute atomic E-state index is 0. The van der Waals surface area contributed by atoms with E-state index in [1.165, 1.54) is 0 Å². The molecular weight excluding hydrogens is 408 g/mol. The zero-order chi connectivity index (χ0) is 21.9. The standard InChI is InChI=1S/2C11H22O3.Ti/c2*1-4-5-6-7-8-10(11(12)13)14-9(2)3;/h2*9,12-13H,4-8H2,1-3H3;/q;;+4/p-4. The first-order valence-corrected chi connectivity index (χ1v) is 10.6. The van der Waals surface area contributed by atoms with Crippen LogP contribution in [-0.4, -0.2) is 12.2 Å². The topological polar surface area (TPSA) is 111 Å². The van der Waals surface area contributed by atoms with E-state index in [1.54, 1.807) is 0 Å². The van der Waals surface area contributed by atoms with Gasteiger partial charge in [-0.05, 0) is 40.5 Å². The van der Waals surface area contributed by atoms with Crippen molar-refractivity contribution in [3.8, 4) is 0 Å². The van der Waals surface area contributed by atoms with Crippen LogP contribution in [0, 0.1) is 0 Å². The van der Waals surface area contributed by atoms with Crippen LogP contribution in [0.3, 0.4) is 0 Å². The molecule has 168 valence electrons. The molecule has 0 atom stereocenters. The van der Waals surface area contributed by atoms with Crippen LogP contribution in [0.2, 0.25) is 0 Å². The van der Waals surface area contributed by atoms with Crippen molar-refractivity contribution in [2.75, 3.05) is 0 Å². The Morgan fingerprint density at radius 2 is 0.897 bits per heavy atom. The molecule has 0 aromatic rings. The summed E-state index contributed by atoms with van der Waals surface area (Å²) in [5.41, 5.74) is 0. The molecule has 0 aliphatic heterocycles. The van der Waals surface area contributed by atoms with Gasteiger partial charge in [0.1, 0.15) is 0 Å². The Hall–Kier alpha value is -1.01. The molecule has 0 aliphatic rings. The third kappa shape index (κ3) is 23.1. The van der Waals surface area contributed by atoms with Crippen LogP contribution >= 0.6 is 0 Å². The Morgan fingerprint density at radius 1 is 0.586 bits per heavy atom. The summed E-state index contributed by atoms with van der Waals surface area (Å²) in [6.07, 6.45) is 9.20. The van der Waals surface area contributed by atoms with Crippen molar-refractivity contribution in [1.82, 2.24) is 0 Å². The third-order valence-electron chi connectivity index (χ3n) is 3.73. The molecule has 0 fully saturated rings. The Morgan fingerprint density at radius 3 is 1.10 bits per heavy atom. The molecule has 0 aliphatic carbocycles. The zero-order valence-electron chi connectivity index (χ0n) is 19.2. The van der Waals surface area contributed by atoms with Crippen molar-refractivity contribution in [3.63, 3.8) is 0 Å². The molecule has 6 nitrogen and oxygen atoms in total. The summed E-state index contributed by atoms with van der Waals surface area (Å²) in [6, 6.07) is 0. The van der Waals surface area contributed by atoms with Gasteiger partial charge >= 0.3 is 21.7 Å². The second kappa shape index (κ2) is 21.7. The van der Waals surface area contributed by atoms with Crippen LogP contribution in [-0.2, 0) is 31.2 Å². The fourth-order valence-corrected chi connectivity index (χ4v) is 2.41. The average molecular weight is 448 g/mol.